The first-order valence-corrected chi connectivity index (χ1v) is 8.55. The molecule has 0 saturated carbocycles. The maximum Gasteiger partial charge on any atom is 0.0367 e. The Balaban J connectivity index is 1.64. The predicted octanol–water partition coefficient (Wildman–Crippen LogP) is 3.11. The molecule has 116 valence electrons. The van der Waals surface area contributed by atoms with Gasteiger partial charge in [0, 0.05) is 43.6 Å². The minimum atomic E-state index is 0.675. The van der Waals surface area contributed by atoms with Gasteiger partial charge in [-0.15, -0.1) is 0 Å². The lowest BCUT2D eigenvalue weighted by atomic mass is 9.93. The van der Waals surface area contributed by atoms with E-state index in [1.165, 1.54) is 56.7 Å². The fourth-order valence-electron chi connectivity index (χ4n) is 3.84. The summed E-state index contributed by atoms with van der Waals surface area (Å²) in [7, 11) is 2.09. The van der Waals surface area contributed by atoms with Gasteiger partial charge >= 0.3 is 0 Å². The first kappa shape index (κ1) is 14.7. The van der Waals surface area contributed by atoms with Crippen LogP contribution in [0.1, 0.15) is 32.6 Å². The van der Waals surface area contributed by atoms with E-state index >= 15 is 0 Å². The molecule has 2 unspecified atom stereocenters. The van der Waals surface area contributed by atoms with E-state index < -0.39 is 0 Å². The summed E-state index contributed by atoms with van der Waals surface area (Å²) in [4.78, 5) is 5.07. The third kappa shape index (κ3) is 3.34. The molecule has 2 aliphatic rings. The molecule has 1 aromatic carbocycles. The molecule has 0 aliphatic carbocycles. The standard InChI is InChI=1S/C18H29N3/c1-15-14-21(13-10-18(15)19-2)17-8-6-16(7-9-17)20-11-4-3-5-12-20/h6-9,15,18-19H,3-5,10-14H2,1-2H3. The topological polar surface area (TPSA) is 18.5 Å². The molecule has 0 amide bonds. The van der Waals surface area contributed by atoms with Crippen LogP contribution in [0.5, 0.6) is 0 Å². The lowest BCUT2D eigenvalue weighted by Crippen LogP contribution is -2.47. The highest BCUT2D eigenvalue weighted by molar-refractivity contribution is 5.56. The molecule has 3 nitrogen and oxygen atoms in total. The van der Waals surface area contributed by atoms with Gasteiger partial charge in [-0.3, -0.25) is 0 Å². The molecule has 2 atom stereocenters. The zero-order valence-corrected chi connectivity index (χ0v) is 13.5. The maximum absolute atomic E-state index is 3.44. The second kappa shape index (κ2) is 6.69. The molecular formula is C18H29N3. The first-order valence-electron chi connectivity index (χ1n) is 8.55. The van der Waals surface area contributed by atoms with Crippen molar-refractivity contribution in [2.24, 2.45) is 5.92 Å². The van der Waals surface area contributed by atoms with Crippen LogP contribution in [0.15, 0.2) is 24.3 Å². The Morgan fingerprint density at radius 2 is 1.52 bits per heavy atom. The molecule has 3 heteroatoms. The van der Waals surface area contributed by atoms with Gasteiger partial charge in [-0.1, -0.05) is 6.92 Å². The number of hydrogen-bond acceptors (Lipinski definition) is 3. The molecule has 21 heavy (non-hydrogen) atoms. The SMILES string of the molecule is CNC1CCN(c2ccc(N3CCCCC3)cc2)CC1C. The van der Waals surface area contributed by atoms with Gasteiger partial charge in [-0.2, -0.15) is 0 Å². The number of anilines is 2. The molecule has 0 spiro atoms. The molecule has 0 bridgehead atoms. The van der Waals surface area contributed by atoms with Crippen molar-refractivity contribution in [3.8, 4) is 0 Å². The van der Waals surface area contributed by atoms with Crippen molar-refractivity contribution in [2.45, 2.75) is 38.6 Å². The van der Waals surface area contributed by atoms with Crippen molar-refractivity contribution in [3.63, 3.8) is 0 Å². The number of nitrogens with one attached hydrogen (secondary N) is 1. The van der Waals surface area contributed by atoms with Crippen LogP contribution in [0, 0.1) is 5.92 Å². The van der Waals surface area contributed by atoms with Crippen molar-refractivity contribution < 1.29 is 0 Å². The summed E-state index contributed by atoms with van der Waals surface area (Å²) in [5.74, 6) is 0.713. The molecule has 0 aromatic heterocycles. The van der Waals surface area contributed by atoms with E-state index in [1.807, 2.05) is 0 Å². The Bertz CT molecular complexity index is 436. The minimum absolute atomic E-state index is 0.675. The van der Waals surface area contributed by atoms with Crippen molar-refractivity contribution in [2.75, 3.05) is 43.0 Å². The highest BCUT2D eigenvalue weighted by Gasteiger charge is 2.24. The van der Waals surface area contributed by atoms with Gasteiger partial charge in [-0.05, 0) is 62.9 Å². The number of rotatable bonds is 3. The molecular weight excluding hydrogens is 258 g/mol. The fraction of sp³-hybridized carbons (Fsp3) is 0.667. The van der Waals surface area contributed by atoms with Crippen LogP contribution in [0.25, 0.3) is 0 Å². The molecule has 1 aromatic rings. The van der Waals surface area contributed by atoms with Crippen molar-refractivity contribution in [3.05, 3.63) is 24.3 Å². The normalized spacial score (nSPS) is 27.0. The van der Waals surface area contributed by atoms with Crippen LogP contribution in [-0.2, 0) is 0 Å². The smallest absolute Gasteiger partial charge is 0.0367 e. The van der Waals surface area contributed by atoms with Gasteiger partial charge in [0.2, 0.25) is 0 Å². The number of hydrogen-bond donors (Lipinski definition) is 1. The van der Waals surface area contributed by atoms with Crippen LogP contribution in [0.4, 0.5) is 11.4 Å². The molecule has 2 fully saturated rings. The molecule has 2 aliphatic heterocycles. The van der Waals surface area contributed by atoms with Gasteiger partial charge in [0.1, 0.15) is 0 Å². The second-order valence-corrected chi connectivity index (χ2v) is 6.67. The quantitative estimate of drug-likeness (QED) is 0.921. The first-order chi connectivity index (χ1) is 10.3. The molecule has 2 saturated heterocycles. The highest BCUT2D eigenvalue weighted by atomic mass is 15.2. The van der Waals surface area contributed by atoms with Gasteiger partial charge in [0.05, 0.1) is 0 Å². The van der Waals surface area contributed by atoms with Gasteiger partial charge in [0.15, 0.2) is 0 Å². The second-order valence-electron chi connectivity index (χ2n) is 6.67. The van der Waals surface area contributed by atoms with E-state index in [9.17, 15) is 0 Å². The largest absolute Gasteiger partial charge is 0.372 e. The van der Waals surface area contributed by atoms with Gasteiger partial charge in [-0.25, -0.2) is 0 Å². The average Bonchev–Trinajstić information content (AvgIpc) is 2.56. The fourth-order valence-corrected chi connectivity index (χ4v) is 3.84. The summed E-state index contributed by atoms with van der Waals surface area (Å²) >= 11 is 0. The van der Waals surface area contributed by atoms with E-state index in [4.69, 9.17) is 0 Å². The maximum atomic E-state index is 3.44. The van der Waals surface area contributed by atoms with Crippen LogP contribution in [-0.4, -0.2) is 39.3 Å². The van der Waals surface area contributed by atoms with Crippen molar-refractivity contribution in [1.29, 1.82) is 0 Å². The third-order valence-corrected chi connectivity index (χ3v) is 5.21. The van der Waals surface area contributed by atoms with Crippen molar-refractivity contribution in [1.82, 2.24) is 5.32 Å². The van der Waals surface area contributed by atoms with E-state index in [-0.39, 0.29) is 0 Å². The van der Waals surface area contributed by atoms with E-state index in [1.54, 1.807) is 0 Å². The van der Waals surface area contributed by atoms with Crippen LogP contribution in [0.2, 0.25) is 0 Å². The Labute approximate surface area is 129 Å². The lowest BCUT2D eigenvalue weighted by Gasteiger charge is -2.38. The number of nitrogens with zero attached hydrogens (tertiary/aromatic N) is 2. The van der Waals surface area contributed by atoms with E-state index in [2.05, 4.69) is 53.4 Å². The zero-order chi connectivity index (χ0) is 14.7. The minimum Gasteiger partial charge on any atom is -0.372 e. The average molecular weight is 287 g/mol. The molecule has 0 radical (unpaired) electrons. The predicted molar refractivity (Wildman–Crippen MR) is 91.3 cm³/mol. The third-order valence-electron chi connectivity index (χ3n) is 5.21. The highest BCUT2D eigenvalue weighted by Crippen LogP contribution is 2.27. The van der Waals surface area contributed by atoms with Crippen LogP contribution in [0.3, 0.4) is 0 Å². The summed E-state index contributed by atoms with van der Waals surface area (Å²) < 4.78 is 0. The van der Waals surface area contributed by atoms with E-state index in [0.717, 1.165) is 6.54 Å². The molecule has 1 N–H and O–H groups in total. The summed E-state index contributed by atoms with van der Waals surface area (Å²) in [5, 5.41) is 3.44. The van der Waals surface area contributed by atoms with Gasteiger partial charge in [0.25, 0.3) is 0 Å². The van der Waals surface area contributed by atoms with Crippen LogP contribution >= 0.6 is 0 Å². The lowest BCUT2D eigenvalue weighted by molar-refractivity contribution is 0.339. The summed E-state index contributed by atoms with van der Waals surface area (Å²) in [6, 6.07) is 9.94. The number of piperidine rings is 2. The van der Waals surface area contributed by atoms with Crippen LogP contribution < -0.4 is 15.1 Å². The van der Waals surface area contributed by atoms with E-state index in [0.29, 0.717) is 12.0 Å². The summed E-state index contributed by atoms with van der Waals surface area (Å²) in [6.45, 7) is 7.14. The van der Waals surface area contributed by atoms with Gasteiger partial charge < -0.3 is 15.1 Å². The Kier molecular flexibility index (Phi) is 4.69. The molecule has 2 heterocycles. The molecule has 3 rings (SSSR count). The Hall–Kier alpha value is -1.22. The van der Waals surface area contributed by atoms with Crippen molar-refractivity contribution >= 4 is 11.4 Å². The number of benzene rings is 1. The monoisotopic (exact) mass is 287 g/mol. The zero-order valence-electron chi connectivity index (χ0n) is 13.5. The Morgan fingerprint density at radius 3 is 2.10 bits per heavy atom. The Morgan fingerprint density at radius 1 is 0.905 bits per heavy atom. The summed E-state index contributed by atoms with van der Waals surface area (Å²) in [5.41, 5.74) is 2.79. The summed E-state index contributed by atoms with van der Waals surface area (Å²) in [6.07, 6.45) is 5.33.